The fourth-order valence-electron chi connectivity index (χ4n) is 2.59. The van der Waals surface area contributed by atoms with Crippen molar-refractivity contribution in [2.75, 3.05) is 60.7 Å². The maximum atomic E-state index is 9.33. The molecule has 6 N–H and O–H groups in total. The molecule has 2 rings (SSSR count). The minimum Gasteiger partial charge on any atom is -0.399 e. The maximum absolute atomic E-state index is 9.33. The Morgan fingerprint density at radius 3 is 1.21 bits per heavy atom. The van der Waals surface area contributed by atoms with E-state index in [0.717, 1.165) is 24.5 Å². The summed E-state index contributed by atoms with van der Waals surface area (Å²) in [6.45, 7) is 2.67. The highest BCUT2D eigenvalue weighted by Gasteiger charge is 2.10. The van der Waals surface area contributed by atoms with Crippen LogP contribution in [0, 0.1) is 0 Å². The van der Waals surface area contributed by atoms with Gasteiger partial charge in [0.15, 0.2) is 0 Å². The highest BCUT2D eigenvalue weighted by molar-refractivity contribution is 5.55. The Morgan fingerprint density at radius 1 is 0.583 bits per heavy atom. The molecule has 0 atom stereocenters. The first-order valence-corrected chi connectivity index (χ1v) is 8.06. The van der Waals surface area contributed by atoms with Crippen LogP contribution in [0.25, 0.3) is 0 Å². The second-order valence-electron chi connectivity index (χ2n) is 5.60. The van der Waals surface area contributed by atoms with Crippen LogP contribution in [0.1, 0.15) is 0 Å². The molecule has 6 nitrogen and oxygen atoms in total. The zero-order valence-electron chi connectivity index (χ0n) is 13.8. The lowest BCUT2D eigenvalue weighted by atomic mass is 10.2. The van der Waals surface area contributed by atoms with Gasteiger partial charge in [-0.3, -0.25) is 0 Å². The van der Waals surface area contributed by atoms with E-state index in [1.807, 2.05) is 48.5 Å². The highest BCUT2D eigenvalue weighted by Crippen LogP contribution is 2.19. The van der Waals surface area contributed by atoms with E-state index in [9.17, 15) is 10.2 Å². The van der Waals surface area contributed by atoms with Crippen molar-refractivity contribution < 1.29 is 10.2 Å². The lowest BCUT2D eigenvalue weighted by molar-refractivity contribution is 0.298. The fraction of sp³-hybridized carbons (Fsp3) is 0.333. The number of hydrogen-bond donors (Lipinski definition) is 4. The molecule has 0 amide bonds. The van der Waals surface area contributed by atoms with E-state index in [0.29, 0.717) is 24.5 Å². The summed E-state index contributed by atoms with van der Waals surface area (Å²) < 4.78 is 0. The van der Waals surface area contributed by atoms with Crippen LogP contribution in [0.5, 0.6) is 0 Å². The van der Waals surface area contributed by atoms with Crippen LogP contribution >= 0.6 is 0 Å². The number of anilines is 4. The molecule has 2 aromatic carbocycles. The van der Waals surface area contributed by atoms with Gasteiger partial charge in [-0.25, -0.2) is 0 Å². The third-order valence-corrected chi connectivity index (χ3v) is 3.90. The van der Waals surface area contributed by atoms with Crippen molar-refractivity contribution in [3.05, 3.63) is 48.5 Å². The smallest absolute Gasteiger partial charge is 0.0606 e. The monoisotopic (exact) mass is 330 g/mol. The number of nitrogens with two attached hydrogens (primary N) is 2. The summed E-state index contributed by atoms with van der Waals surface area (Å²) in [5.41, 5.74) is 14.9. The van der Waals surface area contributed by atoms with Gasteiger partial charge in [-0.1, -0.05) is 0 Å². The minimum atomic E-state index is 0.0756. The Kier molecular flexibility index (Phi) is 6.72. The summed E-state index contributed by atoms with van der Waals surface area (Å²) in [5.74, 6) is 0. The molecule has 0 aromatic heterocycles. The molecule has 6 heteroatoms. The second-order valence-corrected chi connectivity index (χ2v) is 5.60. The van der Waals surface area contributed by atoms with Crippen LogP contribution in [0.15, 0.2) is 48.5 Å². The third kappa shape index (κ3) is 5.04. The fourth-order valence-corrected chi connectivity index (χ4v) is 2.59. The summed E-state index contributed by atoms with van der Waals surface area (Å²) in [5, 5.41) is 18.7. The molecule has 0 aliphatic heterocycles. The van der Waals surface area contributed by atoms with E-state index in [1.165, 1.54) is 0 Å². The molecule has 24 heavy (non-hydrogen) atoms. The van der Waals surface area contributed by atoms with Crippen molar-refractivity contribution in [2.45, 2.75) is 0 Å². The van der Waals surface area contributed by atoms with Gasteiger partial charge in [0.1, 0.15) is 0 Å². The number of aliphatic hydroxyl groups excluding tert-OH is 2. The van der Waals surface area contributed by atoms with Crippen molar-refractivity contribution in [3.8, 4) is 0 Å². The second kappa shape index (κ2) is 9.00. The van der Waals surface area contributed by atoms with Crippen LogP contribution in [0.2, 0.25) is 0 Å². The van der Waals surface area contributed by atoms with E-state index < -0.39 is 0 Å². The predicted octanol–water partition coefficient (Wildman–Crippen LogP) is 1.15. The molecule has 0 heterocycles. The van der Waals surface area contributed by atoms with Gasteiger partial charge in [0.05, 0.1) is 13.2 Å². The Balaban J connectivity index is 2.06. The van der Waals surface area contributed by atoms with Crippen LogP contribution in [0.3, 0.4) is 0 Å². The SMILES string of the molecule is Nc1ccc(N(CCO)CCN(CCO)c2ccc(N)cc2)cc1. The van der Waals surface area contributed by atoms with Crippen molar-refractivity contribution in [1.29, 1.82) is 0 Å². The standard InChI is InChI=1S/C18H26N4O2/c19-15-1-5-17(6-2-15)21(11-13-23)9-10-22(12-14-24)18-7-3-16(20)4-8-18/h1-8,23-24H,9-14,19-20H2. The Labute approximate surface area is 142 Å². The number of benzene rings is 2. The molecule has 0 fully saturated rings. The van der Waals surface area contributed by atoms with Crippen LogP contribution in [0.4, 0.5) is 22.7 Å². The van der Waals surface area contributed by atoms with Crippen molar-refractivity contribution >= 4 is 22.7 Å². The van der Waals surface area contributed by atoms with Gasteiger partial charge < -0.3 is 31.5 Å². The normalized spacial score (nSPS) is 10.6. The van der Waals surface area contributed by atoms with Gasteiger partial charge in [0, 0.05) is 48.9 Å². The Morgan fingerprint density at radius 2 is 0.917 bits per heavy atom. The predicted molar refractivity (Wildman–Crippen MR) is 100 cm³/mol. The minimum absolute atomic E-state index is 0.0756. The van der Waals surface area contributed by atoms with E-state index >= 15 is 0 Å². The molecule has 0 saturated carbocycles. The summed E-state index contributed by atoms with van der Waals surface area (Å²) in [4.78, 5) is 4.20. The van der Waals surface area contributed by atoms with E-state index in [1.54, 1.807) is 0 Å². The molecule has 0 aliphatic rings. The van der Waals surface area contributed by atoms with Gasteiger partial charge in [0.2, 0.25) is 0 Å². The number of nitrogens with zero attached hydrogens (tertiary/aromatic N) is 2. The maximum Gasteiger partial charge on any atom is 0.0606 e. The zero-order valence-corrected chi connectivity index (χ0v) is 13.8. The largest absolute Gasteiger partial charge is 0.399 e. The van der Waals surface area contributed by atoms with Crippen LogP contribution < -0.4 is 21.3 Å². The molecule has 0 aliphatic carbocycles. The van der Waals surface area contributed by atoms with Crippen molar-refractivity contribution in [2.24, 2.45) is 0 Å². The average molecular weight is 330 g/mol. The first-order chi connectivity index (χ1) is 11.6. The van der Waals surface area contributed by atoms with Crippen LogP contribution in [-0.4, -0.2) is 49.6 Å². The first-order valence-electron chi connectivity index (χ1n) is 8.06. The average Bonchev–Trinajstić information content (AvgIpc) is 2.59. The Bertz CT molecular complexity index is 546. The van der Waals surface area contributed by atoms with E-state index in [2.05, 4.69) is 9.80 Å². The third-order valence-electron chi connectivity index (χ3n) is 3.90. The molecule has 0 spiro atoms. The van der Waals surface area contributed by atoms with Gasteiger partial charge in [-0.2, -0.15) is 0 Å². The number of hydrogen-bond acceptors (Lipinski definition) is 6. The molecular weight excluding hydrogens is 304 g/mol. The molecule has 0 radical (unpaired) electrons. The van der Waals surface area contributed by atoms with E-state index in [4.69, 9.17) is 11.5 Å². The molecule has 0 bridgehead atoms. The summed E-state index contributed by atoms with van der Waals surface area (Å²) in [7, 11) is 0. The molecule has 2 aromatic rings. The van der Waals surface area contributed by atoms with E-state index in [-0.39, 0.29) is 13.2 Å². The van der Waals surface area contributed by atoms with Crippen molar-refractivity contribution in [3.63, 3.8) is 0 Å². The number of rotatable bonds is 9. The summed E-state index contributed by atoms with van der Waals surface area (Å²) >= 11 is 0. The lowest BCUT2D eigenvalue weighted by Crippen LogP contribution is -2.38. The molecule has 130 valence electrons. The van der Waals surface area contributed by atoms with Gasteiger partial charge >= 0.3 is 0 Å². The number of aliphatic hydroxyl groups is 2. The van der Waals surface area contributed by atoms with Gasteiger partial charge in [-0.05, 0) is 48.5 Å². The summed E-state index contributed by atoms with van der Waals surface area (Å²) in [6, 6.07) is 15.2. The quantitative estimate of drug-likeness (QED) is 0.515. The summed E-state index contributed by atoms with van der Waals surface area (Å²) in [6.07, 6.45) is 0. The molecular formula is C18H26N4O2. The number of nitrogen functional groups attached to an aromatic ring is 2. The highest BCUT2D eigenvalue weighted by atomic mass is 16.3. The van der Waals surface area contributed by atoms with Crippen molar-refractivity contribution in [1.82, 2.24) is 0 Å². The first kappa shape index (κ1) is 17.9. The molecule has 0 unspecified atom stereocenters. The van der Waals surface area contributed by atoms with Gasteiger partial charge in [-0.15, -0.1) is 0 Å². The lowest BCUT2D eigenvalue weighted by Gasteiger charge is -2.30. The van der Waals surface area contributed by atoms with Crippen LogP contribution in [-0.2, 0) is 0 Å². The topological polar surface area (TPSA) is 99.0 Å². The Hall–Kier alpha value is -2.44. The molecule has 0 saturated heterocycles. The van der Waals surface area contributed by atoms with Gasteiger partial charge in [0.25, 0.3) is 0 Å². The zero-order chi connectivity index (χ0) is 17.4.